The number of hydrogen-bond donors (Lipinski definition) is 2. The molecule has 1 aromatic carbocycles. The highest BCUT2D eigenvalue weighted by atomic mass is 16.6. The van der Waals surface area contributed by atoms with E-state index in [1.54, 1.807) is 47.5 Å². The molecular weight excluding hydrogens is 348 g/mol. The summed E-state index contributed by atoms with van der Waals surface area (Å²) in [5.41, 5.74) is 1.42. The van der Waals surface area contributed by atoms with E-state index >= 15 is 0 Å². The maximum Gasteiger partial charge on any atom is 0.292 e. The molecular formula is C18H18N6O3. The van der Waals surface area contributed by atoms with E-state index in [4.69, 9.17) is 0 Å². The van der Waals surface area contributed by atoms with Crippen molar-refractivity contribution >= 4 is 23.1 Å². The monoisotopic (exact) mass is 366 g/mol. The second kappa shape index (κ2) is 8.56. The van der Waals surface area contributed by atoms with Gasteiger partial charge in [-0.2, -0.15) is 5.10 Å². The van der Waals surface area contributed by atoms with Crippen LogP contribution < -0.4 is 10.6 Å². The Morgan fingerprint density at radius 3 is 2.70 bits per heavy atom. The van der Waals surface area contributed by atoms with Gasteiger partial charge in [0.2, 0.25) is 5.91 Å². The molecule has 2 heterocycles. The van der Waals surface area contributed by atoms with Gasteiger partial charge in [0.15, 0.2) is 5.82 Å². The van der Waals surface area contributed by atoms with Gasteiger partial charge in [-0.15, -0.1) is 0 Å². The Hall–Kier alpha value is -3.75. The quantitative estimate of drug-likeness (QED) is 0.468. The molecule has 0 fully saturated rings. The molecule has 3 rings (SSSR count). The fourth-order valence-electron chi connectivity index (χ4n) is 2.49. The van der Waals surface area contributed by atoms with Crippen molar-refractivity contribution in [2.75, 3.05) is 17.2 Å². The lowest BCUT2D eigenvalue weighted by Gasteiger charge is -2.07. The number of anilines is 2. The van der Waals surface area contributed by atoms with Gasteiger partial charge >= 0.3 is 0 Å². The highest BCUT2D eigenvalue weighted by Gasteiger charge is 2.12. The average Bonchev–Trinajstić information content (AvgIpc) is 3.09. The van der Waals surface area contributed by atoms with Crippen molar-refractivity contribution in [2.24, 2.45) is 0 Å². The molecule has 9 nitrogen and oxygen atoms in total. The molecule has 0 atom stereocenters. The first-order chi connectivity index (χ1) is 13.1. The van der Waals surface area contributed by atoms with Gasteiger partial charge in [-0.05, 0) is 23.8 Å². The number of amides is 1. The molecule has 9 heteroatoms. The Morgan fingerprint density at radius 2 is 1.93 bits per heavy atom. The Kier molecular flexibility index (Phi) is 5.73. The summed E-state index contributed by atoms with van der Waals surface area (Å²) in [5, 5.41) is 20.9. The van der Waals surface area contributed by atoms with Crippen molar-refractivity contribution in [3.63, 3.8) is 0 Å². The number of para-hydroxylation sites is 2. The second-order valence-electron chi connectivity index (χ2n) is 5.75. The van der Waals surface area contributed by atoms with Crippen LogP contribution in [-0.4, -0.2) is 32.1 Å². The topological polar surface area (TPSA) is 115 Å². The third-order valence-corrected chi connectivity index (χ3v) is 3.77. The van der Waals surface area contributed by atoms with E-state index in [9.17, 15) is 14.9 Å². The Bertz CT molecular complexity index is 926. The van der Waals surface area contributed by atoms with E-state index in [0.717, 1.165) is 5.56 Å². The molecule has 0 radical (unpaired) electrons. The van der Waals surface area contributed by atoms with Crippen LogP contribution in [0.1, 0.15) is 12.0 Å². The lowest BCUT2D eigenvalue weighted by Crippen LogP contribution is -2.17. The first-order valence-corrected chi connectivity index (χ1v) is 8.31. The molecule has 0 saturated carbocycles. The van der Waals surface area contributed by atoms with Crippen LogP contribution in [-0.2, 0) is 11.3 Å². The number of nitro benzene ring substituents is 1. The summed E-state index contributed by atoms with van der Waals surface area (Å²) >= 11 is 0. The minimum Gasteiger partial charge on any atom is -0.379 e. The van der Waals surface area contributed by atoms with Crippen molar-refractivity contribution in [1.82, 2.24) is 14.8 Å². The Balaban J connectivity index is 1.48. The Morgan fingerprint density at radius 1 is 1.15 bits per heavy atom. The van der Waals surface area contributed by atoms with Gasteiger partial charge in [0.1, 0.15) is 5.69 Å². The van der Waals surface area contributed by atoms with Gasteiger partial charge in [-0.3, -0.25) is 24.6 Å². The van der Waals surface area contributed by atoms with E-state index in [1.807, 2.05) is 12.1 Å². The molecule has 138 valence electrons. The SMILES string of the molecule is O=C(CCNc1ccccc1[N+](=O)[O-])Nc1ccn(Cc2ccncc2)n1. The summed E-state index contributed by atoms with van der Waals surface area (Å²) in [4.78, 5) is 26.5. The Labute approximate surface area is 155 Å². The van der Waals surface area contributed by atoms with Crippen molar-refractivity contribution in [2.45, 2.75) is 13.0 Å². The molecule has 27 heavy (non-hydrogen) atoms. The highest BCUT2D eigenvalue weighted by Crippen LogP contribution is 2.22. The number of carbonyl (C=O) groups excluding carboxylic acids is 1. The lowest BCUT2D eigenvalue weighted by molar-refractivity contribution is -0.384. The van der Waals surface area contributed by atoms with Gasteiger partial charge in [-0.25, -0.2) is 0 Å². The fraction of sp³-hybridized carbons (Fsp3) is 0.167. The predicted octanol–water partition coefficient (Wildman–Crippen LogP) is 2.68. The van der Waals surface area contributed by atoms with E-state index in [-0.39, 0.29) is 24.6 Å². The second-order valence-corrected chi connectivity index (χ2v) is 5.75. The fourth-order valence-corrected chi connectivity index (χ4v) is 2.49. The van der Waals surface area contributed by atoms with E-state index in [0.29, 0.717) is 18.1 Å². The summed E-state index contributed by atoms with van der Waals surface area (Å²) in [7, 11) is 0. The molecule has 0 aliphatic heterocycles. The minimum absolute atomic E-state index is 0.0206. The van der Waals surface area contributed by atoms with Crippen LogP contribution in [0.3, 0.4) is 0 Å². The van der Waals surface area contributed by atoms with Crippen molar-refractivity contribution in [3.05, 3.63) is 76.7 Å². The van der Waals surface area contributed by atoms with Crippen LogP contribution in [0.4, 0.5) is 17.2 Å². The number of benzene rings is 1. The summed E-state index contributed by atoms with van der Waals surface area (Å²) in [6.07, 6.45) is 5.36. The van der Waals surface area contributed by atoms with Crippen molar-refractivity contribution in [3.8, 4) is 0 Å². The molecule has 0 bridgehead atoms. The molecule has 0 unspecified atom stereocenters. The number of nitro groups is 1. The zero-order chi connectivity index (χ0) is 19.1. The largest absolute Gasteiger partial charge is 0.379 e. The molecule has 0 aliphatic rings. The van der Waals surface area contributed by atoms with E-state index in [2.05, 4.69) is 20.7 Å². The number of pyridine rings is 1. The predicted molar refractivity (Wildman–Crippen MR) is 100 cm³/mol. The van der Waals surface area contributed by atoms with Gasteiger partial charge in [-0.1, -0.05) is 12.1 Å². The van der Waals surface area contributed by atoms with Gasteiger partial charge in [0.05, 0.1) is 11.5 Å². The van der Waals surface area contributed by atoms with Gasteiger partial charge in [0.25, 0.3) is 5.69 Å². The third-order valence-electron chi connectivity index (χ3n) is 3.77. The van der Waals surface area contributed by atoms with Gasteiger partial charge in [0, 0.05) is 43.7 Å². The molecule has 1 amide bonds. The van der Waals surface area contributed by atoms with Crippen LogP contribution in [0, 0.1) is 10.1 Å². The molecule has 2 aromatic heterocycles. The van der Waals surface area contributed by atoms with Crippen LogP contribution in [0.25, 0.3) is 0 Å². The van der Waals surface area contributed by atoms with E-state index in [1.165, 1.54) is 6.07 Å². The first-order valence-electron chi connectivity index (χ1n) is 8.31. The van der Waals surface area contributed by atoms with Crippen LogP contribution >= 0.6 is 0 Å². The first kappa shape index (κ1) is 18.1. The number of nitrogens with zero attached hydrogens (tertiary/aromatic N) is 4. The number of hydrogen-bond acceptors (Lipinski definition) is 6. The summed E-state index contributed by atoms with van der Waals surface area (Å²) in [6.45, 7) is 0.853. The van der Waals surface area contributed by atoms with Crippen molar-refractivity contribution in [1.29, 1.82) is 0 Å². The lowest BCUT2D eigenvalue weighted by atomic mass is 10.2. The van der Waals surface area contributed by atoms with Crippen molar-refractivity contribution < 1.29 is 9.72 Å². The standard InChI is InChI=1S/C18H18N6O3/c25-18(7-11-20-15-3-1-2-4-16(15)24(26)27)21-17-8-12-23(22-17)13-14-5-9-19-10-6-14/h1-6,8-10,12,20H,7,11,13H2,(H,21,22,25). The number of nitrogens with one attached hydrogen (secondary N) is 2. The maximum atomic E-state index is 12.0. The molecule has 0 aliphatic carbocycles. The average molecular weight is 366 g/mol. The van der Waals surface area contributed by atoms with Crippen LogP contribution in [0.5, 0.6) is 0 Å². The van der Waals surface area contributed by atoms with Gasteiger partial charge < -0.3 is 10.6 Å². The maximum absolute atomic E-state index is 12.0. The third kappa shape index (κ3) is 5.11. The highest BCUT2D eigenvalue weighted by molar-refractivity contribution is 5.90. The zero-order valence-electron chi connectivity index (χ0n) is 14.4. The molecule has 0 saturated heterocycles. The zero-order valence-corrected chi connectivity index (χ0v) is 14.4. The van der Waals surface area contributed by atoms with E-state index < -0.39 is 4.92 Å². The normalized spacial score (nSPS) is 10.4. The smallest absolute Gasteiger partial charge is 0.292 e. The molecule has 3 aromatic rings. The molecule has 0 spiro atoms. The summed E-state index contributed by atoms with van der Waals surface area (Å²) in [5.74, 6) is 0.231. The summed E-state index contributed by atoms with van der Waals surface area (Å²) < 4.78 is 1.72. The number of carbonyl (C=O) groups is 1. The minimum atomic E-state index is -0.460. The van der Waals surface area contributed by atoms with Crippen LogP contribution in [0.2, 0.25) is 0 Å². The van der Waals surface area contributed by atoms with Crippen LogP contribution in [0.15, 0.2) is 61.1 Å². The summed E-state index contributed by atoms with van der Waals surface area (Å²) in [6, 6.07) is 11.8. The number of aromatic nitrogens is 3. The molecule has 2 N–H and O–H groups in total. The number of rotatable bonds is 8.